The van der Waals surface area contributed by atoms with Crippen molar-refractivity contribution >= 4 is 35.0 Å². The Balaban J connectivity index is 1.38. The number of carbonyl (C=O) groups is 2. The summed E-state index contributed by atoms with van der Waals surface area (Å²) in [6, 6.07) is 23.3. The fourth-order valence-electron chi connectivity index (χ4n) is 4.33. The Morgan fingerprint density at radius 3 is 2.33 bits per heavy atom. The number of ether oxygens (including phenoxy) is 1. The Morgan fingerprint density at radius 1 is 0.944 bits per heavy atom. The van der Waals surface area contributed by atoms with Gasteiger partial charge in [-0.1, -0.05) is 50.5 Å². The fourth-order valence-corrected chi connectivity index (χ4v) is 5.51. The molecule has 1 fully saturated rings. The van der Waals surface area contributed by atoms with Gasteiger partial charge in [0.1, 0.15) is 11.1 Å². The molecule has 0 spiro atoms. The molecule has 188 valence electrons. The SMILES string of the molecule is CCCCCCc1ccc(C(=O)Nc2ccc(C3SCC(=O)N3c3ccc(OCC)cc3)cc2)cc1. The van der Waals surface area contributed by atoms with Gasteiger partial charge >= 0.3 is 0 Å². The molecule has 1 N–H and O–H groups in total. The number of carbonyl (C=O) groups excluding carboxylic acids is 2. The Hall–Kier alpha value is -3.25. The third-order valence-electron chi connectivity index (χ3n) is 6.28. The molecule has 3 aromatic rings. The summed E-state index contributed by atoms with van der Waals surface area (Å²) < 4.78 is 5.52. The quantitative estimate of drug-likeness (QED) is 0.281. The number of unbranched alkanes of at least 4 members (excludes halogenated alkanes) is 3. The lowest BCUT2D eigenvalue weighted by Gasteiger charge is -2.24. The second-order valence-corrected chi connectivity index (χ2v) is 10.0. The van der Waals surface area contributed by atoms with Crippen LogP contribution in [0.5, 0.6) is 5.75 Å². The molecular weight excluding hydrogens is 468 g/mol. The van der Waals surface area contributed by atoms with E-state index in [-0.39, 0.29) is 17.2 Å². The van der Waals surface area contributed by atoms with E-state index >= 15 is 0 Å². The van der Waals surface area contributed by atoms with E-state index < -0.39 is 0 Å². The number of hydrogen-bond donors (Lipinski definition) is 1. The minimum atomic E-state index is -0.123. The molecule has 0 bridgehead atoms. The molecule has 0 saturated carbocycles. The summed E-state index contributed by atoms with van der Waals surface area (Å²) in [7, 11) is 0. The molecule has 3 aromatic carbocycles. The second-order valence-electron chi connectivity index (χ2n) is 8.94. The molecule has 0 aliphatic carbocycles. The molecule has 1 aliphatic heterocycles. The van der Waals surface area contributed by atoms with Gasteiger partial charge in [-0.15, -0.1) is 11.8 Å². The van der Waals surface area contributed by atoms with E-state index in [1.165, 1.54) is 31.2 Å². The first kappa shape index (κ1) is 25.8. The molecule has 36 heavy (non-hydrogen) atoms. The van der Waals surface area contributed by atoms with Crippen molar-refractivity contribution in [3.05, 3.63) is 89.5 Å². The van der Waals surface area contributed by atoms with Crippen molar-refractivity contribution < 1.29 is 14.3 Å². The number of nitrogens with one attached hydrogen (secondary N) is 1. The highest BCUT2D eigenvalue weighted by atomic mass is 32.2. The molecule has 2 amide bonds. The van der Waals surface area contributed by atoms with Crippen LogP contribution in [0.1, 0.15) is 66.4 Å². The average molecular weight is 503 g/mol. The van der Waals surface area contributed by atoms with Gasteiger partial charge in [0.2, 0.25) is 5.91 Å². The van der Waals surface area contributed by atoms with Gasteiger partial charge < -0.3 is 10.1 Å². The van der Waals surface area contributed by atoms with Crippen LogP contribution in [0.2, 0.25) is 0 Å². The maximum absolute atomic E-state index is 12.7. The minimum Gasteiger partial charge on any atom is -0.494 e. The van der Waals surface area contributed by atoms with Gasteiger partial charge in [0.05, 0.1) is 12.4 Å². The monoisotopic (exact) mass is 502 g/mol. The molecule has 4 rings (SSSR count). The number of aryl methyl sites for hydroxylation is 1. The van der Waals surface area contributed by atoms with E-state index in [4.69, 9.17) is 4.74 Å². The van der Waals surface area contributed by atoms with Crippen molar-refractivity contribution in [1.29, 1.82) is 0 Å². The lowest BCUT2D eigenvalue weighted by atomic mass is 10.0. The van der Waals surface area contributed by atoms with Crippen LogP contribution in [0.25, 0.3) is 0 Å². The van der Waals surface area contributed by atoms with Gasteiger partial charge in [-0.3, -0.25) is 14.5 Å². The van der Waals surface area contributed by atoms with Gasteiger partial charge in [0.25, 0.3) is 5.91 Å². The molecule has 5 nitrogen and oxygen atoms in total. The highest BCUT2D eigenvalue weighted by molar-refractivity contribution is 8.00. The molecule has 1 saturated heterocycles. The largest absolute Gasteiger partial charge is 0.494 e. The van der Waals surface area contributed by atoms with E-state index in [0.29, 0.717) is 17.9 Å². The van der Waals surface area contributed by atoms with Crippen LogP contribution in [0.3, 0.4) is 0 Å². The van der Waals surface area contributed by atoms with Crippen LogP contribution < -0.4 is 15.0 Å². The number of benzene rings is 3. The molecule has 1 atom stereocenters. The molecule has 0 radical (unpaired) electrons. The highest BCUT2D eigenvalue weighted by Gasteiger charge is 2.34. The van der Waals surface area contributed by atoms with E-state index in [9.17, 15) is 9.59 Å². The molecule has 1 aliphatic rings. The third kappa shape index (κ3) is 6.49. The van der Waals surface area contributed by atoms with Crippen LogP contribution in [0.15, 0.2) is 72.8 Å². The van der Waals surface area contributed by atoms with Crippen LogP contribution in [-0.2, 0) is 11.2 Å². The summed E-state index contributed by atoms with van der Waals surface area (Å²) in [5.74, 6) is 1.19. The predicted octanol–water partition coefficient (Wildman–Crippen LogP) is 7.24. The third-order valence-corrected chi connectivity index (χ3v) is 7.49. The van der Waals surface area contributed by atoms with Gasteiger partial charge in [-0.05, 0) is 79.4 Å². The van der Waals surface area contributed by atoms with E-state index in [0.717, 1.165) is 29.1 Å². The van der Waals surface area contributed by atoms with Crippen LogP contribution >= 0.6 is 11.8 Å². The number of nitrogens with zero attached hydrogens (tertiary/aromatic N) is 1. The van der Waals surface area contributed by atoms with E-state index in [1.807, 2.05) is 84.6 Å². The fraction of sp³-hybridized carbons (Fsp3) is 0.333. The zero-order chi connectivity index (χ0) is 25.3. The van der Waals surface area contributed by atoms with Crippen molar-refractivity contribution in [2.45, 2.75) is 51.3 Å². The Kier molecular flexibility index (Phi) is 9.06. The highest BCUT2D eigenvalue weighted by Crippen LogP contribution is 2.42. The van der Waals surface area contributed by atoms with Gasteiger partial charge in [0.15, 0.2) is 0 Å². The van der Waals surface area contributed by atoms with Crippen LogP contribution in [0.4, 0.5) is 11.4 Å². The smallest absolute Gasteiger partial charge is 0.255 e. The maximum Gasteiger partial charge on any atom is 0.255 e. The van der Waals surface area contributed by atoms with Crippen molar-refractivity contribution in [3.63, 3.8) is 0 Å². The number of thioether (sulfide) groups is 1. The van der Waals surface area contributed by atoms with Crippen molar-refractivity contribution in [1.82, 2.24) is 0 Å². The topological polar surface area (TPSA) is 58.6 Å². The normalized spacial score (nSPS) is 15.2. The predicted molar refractivity (Wildman–Crippen MR) is 149 cm³/mol. The zero-order valence-electron chi connectivity index (χ0n) is 21.0. The Labute approximate surface area is 218 Å². The number of amides is 2. The first-order valence-corrected chi connectivity index (χ1v) is 13.8. The lowest BCUT2D eigenvalue weighted by Crippen LogP contribution is -2.27. The first-order chi connectivity index (χ1) is 17.6. The molecule has 1 unspecified atom stereocenters. The van der Waals surface area contributed by atoms with Crippen LogP contribution in [0, 0.1) is 0 Å². The first-order valence-electron chi connectivity index (χ1n) is 12.8. The van der Waals surface area contributed by atoms with Crippen molar-refractivity contribution in [2.24, 2.45) is 0 Å². The number of hydrogen-bond acceptors (Lipinski definition) is 4. The molecule has 1 heterocycles. The summed E-state index contributed by atoms with van der Waals surface area (Å²) in [6.07, 6.45) is 6.00. The summed E-state index contributed by atoms with van der Waals surface area (Å²) in [6.45, 7) is 4.77. The minimum absolute atomic E-state index is 0.0837. The standard InChI is InChI=1S/C30H34N2O3S/c1-3-5-6-7-8-22-9-11-23(12-10-22)29(34)31-25-15-13-24(14-16-25)30-32(28(33)21-36-30)26-17-19-27(20-18-26)35-4-2/h9-20,30H,3-8,21H2,1-2H3,(H,31,34). The summed E-state index contributed by atoms with van der Waals surface area (Å²) in [5.41, 5.74) is 4.52. The van der Waals surface area contributed by atoms with Gasteiger partial charge in [-0.2, -0.15) is 0 Å². The summed E-state index contributed by atoms with van der Waals surface area (Å²) >= 11 is 1.60. The van der Waals surface area contributed by atoms with Crippen molar-refractivity contribution in [2.75, 3.05) is 22.6 Å². The molecule has 0 aromatic heterocycles. The Bertz CT molecular complexity index is 1140. The van der Waals surface area contributed by atoms with Gasteiger partial charge in [-0.25, -0.2) is 0 Å². The van der Waals surface area contributed by atoms with E-state index in [1.54, 1.807) is 11.8 Å². The number of anilines is 2. The molecule has 6 heteroatoms. The molecular formula is C30H34N2O3S. The van der Waals surface area contributed by atoms with Gasteiger partial charge in [0, 0.05) is 16.9 Å². The number of rotatable bonds is 11. The Morgan fingerprint density at radius 2 is 1.67 bits per heavy atom. The summed E-state index contributed by atoms with van der Waals surface area (Å²) in [5, 5.41) is 2.88. The second kappa shape index (κ2) is 12.6. The average Bonchev–Trinajstić information content (AvgIpc) is 3.29. The van der Waals surface area contributed by atoms with E-state index in [2.05, 4.69) is 12.2 Å². The maximum atomic E-state index is 12.7. The summed E-state index contributed by atoms with van der Waals surface area (Å²) in [4.78, 5) is 27.2. The zero-order valence-corrected chi connectivity index (χ0v) is 21.9. The van der Waals surface area contributed by atoms with Crippen molar-refractivity contribution in [3.8, 4) is 5.75 Å². The lowest BCUT2D eigenvalue weighted by molar-refractivity contribution is -0.115. The van der Waals surface area contributed by atoms with Crippen LogP contribution in [-0.4, -0.2) is 24.2 Å².